The first-order valence-corrected chi connectivity index (χ1v) is 16.4. The summed E-state index contributed by atoms with van der Waals surface area (Å²) in [5.74, 6) is 0. The summed E-state index contributed by atoms with van der Waals surface area (Å²) in [6.07, 6.45) is 0. The fourth-order valence-corrected chi connectivity index (χ4v) is 7.57. The molecule has 0 aliphatic carbocycles. The predicted octanol–water partition coefficient (Wildman–Crippen LogP) is 13.7. The number of rotatable bonds is 4. The van der Waals surface area contributed by atoms with Crippen LogP contribution in [0.2, 0.25) is 0 Å². The van der Waals surface area contributed by atoms with Crippen LogP contribution in [0.5, 0.6) is 0 Å². The molecule has 0 unspecified atom stereocenters. The van der Waals surface area contributed by atoms with Crippen molar-refractivity contribution in [2.45, 2.75) is 0 Å². The molecule has 9 aromatic carbocycles. The summed E-state index contributed by atoms with van der Waals surface area (Å²) in [5.41, 5.74) is 8.46. The van der Waals surface area contributed by atoms with Gasteiger partial charge < -0.3 is 4.42 Å². The predicted molar refractivity (Wildman–Crippen MR) is 208 cm³/mol. The van der Waals surface area contributed by atoms with E-state index in [-0.39, 0.29) is 29.7 Å². The second-order valence-electron chi connectivity index (χ2n) is 12.4. The standard InChI is InChI=1S/C48H30O/c1-3-13-31(14-4-1)36-26-24-34(29-43(36)32-15-5-2-6-16-32)46-38-19-9-11-21-40(38)47(41-22-12-10-20-39(41)46)35-25-28-45-44(30-35)42-27-23-33-17-7-8-18-37(33)48(42)49-45/h1-30H/i1D,3D,4D,13D,14D. The van der Waals surface area contributed by atoms with Crippen LogP contribution in [0.25, 0.3) is 98.8 Å². The largest absolute Gasteiger partial charge is 0.455 e. The summed E-state index contributed by atoms with van der Waals surface area (Å²) in [4.78, 5) is 0. The van der Waals surface area contributed by atoms with E-state index < -0.39 is 6.04 Å². The van der Waals surface area contributed by atoms with Crippen LogP contribution in [-0.2, 0) is 0 Å². The van der Waals surface area contributed by atoms with E-state index in [0.29, 0.717) is 5.56 Å². The van der Waals surface area contributed by atoms with Crippen molar-refractivity contribution in [1.82, 2.24) is 0 Å². The van der Waals surface area contributed by atoms with Gasteiger partial charge in [0, 0.05) is 16.2 Å². The summed E-state index contributed by atoms with van der Waals surface area (Å²) in [5, 5.41) is 8.80. The normalized spacial score (nSPS) is 13.1. The van der Waals surface area contributed by atoms with Crippen molar-refractivity contribution in [2.75, 3.05) is 0 Å². The third kappa shape index (κ3) is 4.40. The molecule has 1 aromatic heterocycles. The molecule has 10 rings (SSSR count). The summed E-state index contributed by atoms with van der Waals surface area (Å²) in [6.45, 7) is 0. The Morgan fingerprint density at radius 2 is 0.959 bits per heavy atom. The molecule has 0 fully saturated rings. The van der Waals surface area contributed by atoms with E-state index in [2.05, 4.69) is 97.1 Å². The Bertz CT molecular complexity index is 3080. The average molecular weight is 628 g/mol. The van der Waals surface area contributed by atoms with Crippen LogP contribution < -0.4 is 0 Å². The second-order valence-corrected chi connectivity index (χ2v) is 12.4. The van der Waals surface area contributed by atoms with Crippen molar-refractivity contribution in [3.05, 3.63) is 182 Å². The van der Waals surface area contributed by atoms with Gasteiger partial charge in [-0.25, -0.2) is 0 Å². The highest BCUT2D eigenvalue weighted by Crippen LogP contribution is 2.46. The number of benzene rings is 9. The van der Waals surface area contributed by atoms with Crippen molar-refractivity contribution in [1.29, 1.82) is 0 Å². The molecule has 0 aliphatic rings. The molecule has 228 valence electrons. The van der Waals surface area contributed by atoms with Crippen molar-refractivity contribution in [2.24, 2.45) is 0 Å². The molecule has 1 heteroatoms. The molecular formula is C48H30O. The van der Waals surface area contributed by atoms with Crippen molar-refractivity contribution < 1.29 is 11.3 Å². The maximum Gasteiger partial charge on any atom is 0.143 e. The van der Waals surface area contributed by atoms with Crippen LogP contribution in [0.15, 0.2) is 186 Å². The quantitative estimate of drug-likeness (QED) is 0.177. The Morgan fingerprint density at radius 1 is 0.367 bits per heavy atom. The topological polar surface area (TPSA) is 13.1 Å². The molecule has 0 amide bonds. The van der Waals surface area contributed by atoms with Crippen LogP contribution in [0.3, 0.4) is 0 Å². The first kappa shape index (κ1) is 23.0. The van der Waals surface area contributed by atoms with Crippen LogP contribution in [0, 0.1) is 0 Å². The molecule has 1 heterocycles. The van der Waals surface area contributed by atoms with Gasteiger partial charge in [0.05, 0.1) is 6.85 Å². The van der Waals surface area contributed by atoms with Crippen LogP contribution in [0.4, 0.5) is 0 Å². The van der Waals surface area contributed by atoms with Gasteiger partial charge in [0.1, 0.15) is 11.2 Å². The van der Waals surface area contributed by atoms with Gasteiger partial charge in [0.25, 0.3) is 0 Å². The first-order valence-electron chi connectivity index (χ1n) is 18.9. The third-order valence-corrected chi connectivity index (χ3v) is 9.74. The van der Waals surface area contributed by atoms with Gasteiger partial charge in [-0.2, -0.15) is 0 Å². The number of hydrogen-bond acceptors (Lipinski definition) is 1. The lowest BCUT2D eigenvalue weighted by Crippen LogP contribution is -1.92. The third-order valence-electron chi connectivity index (χ3n) is 9.74. The van der Waals surface area contributed by atoms with E-state index in [4.69, 9.17) is 11.3 Å². The Labute approximate surface area is 291 Å². The van der Waals surface area contributed by atoms with E-state index in [9.17, 15) is 0 Å². The second kappa shape index (κ2) is 11.1. The van der Waals surface area contributed by atoms with Crippen LogP contribution in [0.1, 0.15) is 6.85 Å². The van der Waals surface area contributed by atoms with Crippen molar-refractivity contribution in [3.8, 4) is 44.5 Å². The van der Waals surface area contributed by atoms with E-state index >= 15 is 0 Å². The van der Waals surface area contributed by atoms with Gasteiger partial charge in [-0.1, -0.05) is 158 Å². The van der Waals surface area contributed by atoms with Crippen molar-refractivity contribution >= 4 is 54.3 Å². The van der Waals surface area contributed by atoms with Gasteiger partial charge in [-0.05, 0) is 95.7 Å². The lowest BCUT2D eigenvalue weighted by atomic mass is 9.84. The van der Waals surface area contributed by atoms with E-state index in [1.54, 1.807) is 0 Å². The highest BCUT2D eigenvalue weighted by molar-refractivity contribution is 6.23. The monoisotopic (exact) mass is 627 g/mol. The Morgan fingerprint density at radius 3 is 1.65 bits per heavy atom. The number of furan rings is 1. The lowest BCUT2D eigenvalue weighted by Gasteiger charge is -2.19. The molecule has 1 nitrogen and oxygen atoms in total. The summed E-state index contributed by atoms with van der Waals surface area (Å²) in [6, 6.07) is 50.5. The average Bonchev–Trinajstić information content (AvgIpc) is 3.60. The molecule has 0 N–H and O–H groups in total. The van der Waals surface area contributed by atoms with Gasteiger partial charge in [-0.15, -0.1) is 0 Å². The molecule has 0 radical (unpaired) electrons. The van der Waals surface area contributed by atoms with Gasteiger partial charge in [0.2, 0.25) is 0 Å². The SMILES string of the molecule is [2H]c1c([2H])c([2H])c(-c2ccc(-c3c4ccccc4c(-c4ccc5oc6c7ccccc7ccc6c5c4)c4ccccc34)cc2-c2ccccc2)c([2H])c1[2H]. The summed E-state index contributed by atoms with van der Waals surface area (Å²) < 4.78 is 49.1. The van der Waals surface area contributed by atoms with Crippen LogP contribution >= 0.6 is 0 Å². The fraction of sp³-hybridized carbons (Fsp3) is 0. The Kier molecular flexibility index (Phi) is 5.20. The zero-order valence-electron chi connectivity index (χ0n) is 31.3. The first-order chi connectivity index (χ1) is 26.4. The number of fused-ring (bicyclic) bond motifs is 7. The molecule has 0 saturated carbocycles. The van der Waals surface area contributed by atoms with Crippen LogP contribution in [-0.4, -0.2) is 0 Å². The minimum atomic E-state index is -0.404. The zero-order chi connectivity index (χ0) is 36.7. The molecule has 10 aromatic rings. The molecule has 0 aliphatic heterocycles. The number of hydrogen-bond donors (Lipinski definition) is 0. The van der Waals surface area contributed by atoms with Gasteiger partial charge >= 0.3 is 0 Å². The van der Waals surface area contributed by atoms with Crippen molar-refractivity contribution in [3.63, 3.8) is 0 Å². The molecule has 0 bridgehead atoms. The molecule has 0 saturated heterocycles. The molecule has 0 atom stereocenters. The maximum absolute atomic E-state index is 8.81. The minimum absolute atomic E-state index is 0.187. The molecule has 0 spiro atoms. The highest BCUT2D eigenvalue weighted by atomic mass is 16.3. The fourth-order valence-electron chi connectivity index (χ4n) is 7.57. The highest BCUT2D eigenvalue weighted by Gasteiger charge is 2.19. The summed E-state index contributed by atoms with van der Waals surface area (Å²) in [7, 11) is 0. The lowest BCUT2D eigenvalue weighted by molar-refractivity contribution is 0.672. The minimum Gasteiger partial charge on any atom is -0.455 e. The van der Waals surface area contributed by atoms with Gasteiger partial charge in [0.15, 0.2) is 0 Å². The van der Waals surface area contributed by atoms with E-state index in [0.717, 1.165) is 87.6 Å². The molecular weight excluding hydrogens is 593 g/mol. The summed E-state index contributed by atoms with van der Waals surface area (Å²) >= 11 is 0. The smallest absolute Gasteiger partial charge is 0.143 e. The zero-order valence-corrected chi connectivity index (χ0v) is 26.3. The Balaban J connectivity index is 1.24. The van der Waals surface area contributed by atoms with E-state index in [1.165, 1.54) is 0 Å². The maximum atomic E-state index is 8.81. The Hall–Kier alpha value is -6.44. The van der Waals surface area contributed by atoms with Gasteiger partial charge in [-0.3, -0.25) is 0 Å². The van der Waals surface area contributed by atoms with E-state index in [1.807, 2.05) is 54.6 Å². The molecule has 49 heavy (non-hydrogen) atoms.